The van der Waals surface area contributed by atoms with E-state index in [1.165, 1.54) is 18.2 Å². The highest BCUT2D eigenvalue weighted by Crippen LogP contribution is 2.52. The van der Waals surface area contributed by atoms with Crippen LogP contribution in [-0.2, 0) is 33.9 Å². The predicted molar refractivity (Wildman–Crippen MR) is 165 cm³/mol. The van der Waals surface area contributed by atoms with Crippen LogP contribution in [0.25, 0.3) is 11.1 Å². The molecular weight excluding hydrogens is 593 g/mol. The second-order valence-corrected chi connectivity index (χ2v) is 12.9. The number of nitrogens with zero attached hydrogens (tertiary/aromatic N) is 1. The summed E-state index contributed by atoms with van der Waals surface area (Å²) in [6.45, 7) is 1.03. The average molecular weight is 630 g/mol. The van der Waals surface area contributed by atoms with Crippen LogP contribution in [0.15, 0.2) is 60.7 Å². The number of phenols is 1. The first-order chi connectivity index (χ1) is 21.8. The number of nitrogens with one attached hydrogen (secondary N) is 1. The van der Waals surface area contributed by atoms with E-state index in [9.17, 15) is 38.9 Å². The number of carbonyl (C=O) groups is 4. The predicted octanol–water partition coefficient (Wildman–Crippen LogP) is 1.75. The summed E-state index contributed by atoms with van der Waals surface area (Å²) in [4.78, 5) is 55.3. The Morgan fingerprint density at radius 1 is 1.02 bits per heavy atom. The number of aromatic hydroxyl groups is 1. The molecule has 46 heavy (non-hydrogen) atoms. The van der Waals surface area contributed by atoms with E-state index >= 15 is 0 Å². The van der Waals surface area contributed by atoms with Crippen LogP contribution in [0.2, 0.25) is 0 Å². The van der Waals surface area contributed by atoms with E-state index in [4.69, 9.17) is 5.73 Å². The monoisotopic (exact) mass is 629 g/mol. The summed E-state index contributed by atoms with van der Waals surface area (Å²) in [5.74, 6) is -9.65. The fourth-order valence-electron chi connectivity index (χ4n) is 7.89. The minimum atomic E-state index is -2.70. The summed E-state index contributed by atoms with van der Waals surface area (Å²) in [6.07, 6.45) is -1.31. The Kier molecular flexibility index (Phi) is 8.14. The molecule has 3 aliphatic rings. The number of primary amides is 1. The van der Waals surface area contributed by atoms with Crippen molar-refractivity contribution < 1.29 is 38.9 Å². The molecule has 6 N–H and O–H groups in total. The molecule has 1 amide bonds. The highest BCUT2D eigenvalue weighted by Gasteiger charge is 2.69. The molecule has 0 heterocycles. The summed E-state index contributed by atoms with van der Waals surface area (Å²) in [5.41, 5.74) is 6.55. The number of benzene rings is 3. The van der Waals surface area contributed by atoms with Gasteiger partial charge < -0.3 is 31.3 Å². The van der Waals surface area contributed by atoms with E-state index in [1.54, 1.807) is 31.1 Å². The minimum Gasteiger partial charge on any atom is -0.507 e. The van der Waals surface area contributed by atoms with Gasteiger partial charge in [0.25, 0.3) is 0 Å². The highest BCUT2D eigenvalue weighted by atomic mass is 19.1. The van der Waals surface area contributed by atoms with E-state index in [0.29, 0.717) is 24.2 Å². The van der Waals surface area contributed by atoms with Gasteiger partial charge in [0, 0.05) is 25.0 Å². The van der Waals surface area contributed by atoms with Gasteiger partial charge in [-0.2, -0.15) is 0 Å². The van der Waals surface area contributed by atoms with Crippen molar-refractivity contribution in [1.29, 1.82) is 0 Å². The Morgan fingerprint density at radius 2 is 1.72 bits per heavy atom. The van der Waals surface area contributed by atoms with Crippen molar-refractivity contribution in [1.82, 2.24) is 10.2 Å². The lowest BCUT2D eigenvalue weighted by Gasteiger charge is -2.54. The number of nitrogens with two attached hydrogens (primary N) is 1. The van der Waals surface area contributed by atoms with Gasteiger partial charge in [0.15, 0.2) is 23.0 Å². The minimum absolute atomic E-state index is 0.0334. The quantitative estimate of drug-likeness (QED) is 0.244. The van der Waals surface area contributed by atoms with Gasteiger partial charge in [-0.1, -0.05) is 42.5 Å². The number of carbonyl (C=O) groups excluding carboxylic acids is 4. The fraction of sp³-hybridized carbons (Fsp3) is 0.371. The largest absolute Gasteiger partial charge is 0.507 e. The summed E-state index contributed by atoms with van der Waals surface area (Å²) < 4.78 is 13.5. The number of hydrogen-bond donors (Lipinski definition) is 5. The molecule has 240 valence electrons. The van der Waals surface area contributed by atoms with Crippen molar-refractivity contribution in [2.75, 3.05) is 14.1 Å². The van der Waals surface area contributed by atoms with Crippen LogP contribution in [0.5, 0.6) is 5.75 Å². The van der Waals surface area contributed by atoms with Gasteiger partial charge in [0.1, 0.15) is 17.5 Å². The molecule has 7 atom stereocenters. The number of Topliss-reactive ketones (excluding diaryl/α,β-unsaturated/α-hetero) is 3. The molecule has 0 spiro atoms. The first-order valence-electron chi connectivity index (χ1n) is 15.2. The van der Waals surface area contributed by atoms with Crippen LogP contribution < -0.4 is 11.1 Å². The second-order valence-electron chi connectivity index (χ2n) is 12.9. The van der Waals surface area contributed by atoms with E-state index < -0.39 is 64.7 Å². The maximum atomic E-state index is 14.0. The fourth-order valence-corrected chi connectivity index (χ4v) is 7.89. The summed E-state index contributed by atoms with van der Waals surface area (Å²) in [6, 6.07) is 16.2. The highest BCUT2D eigenvalue weighted by molar-refractivity contribution is 6.25. The number of ketones is 3. The van der Waals surface area contributed by atoms with Crippen LogP contribution in [0.3, 0.4) is 0 Å². The Balaban J connectivity index is 1.30. The average Bonchev–Trinajstić information content (AvgIpc) is 2.99. The molecule has 0 aliphatic heterocycles. The standard InChI is InChI=1S/C35H36FN3O7/c1-39(2)29-24-14-20-13-23-22(19-8-6-17(7-9-19)15-38-16-18-4-3-5-21(36)12-18)10-11-25(40)27(23)30(41)26(20)32(43)35(24,46)33(44)28(31(29)42)34(37)45/h3-12,20,24,26,28-29,31,38,40,42,46H,13-16H2,1-2H3,(H2,37,45)/t20-,24-,26?,28?,29-,31?,35-/m1/s1. The summed E-state index contributed by atoms with van der Waals surface area (Å²) in [7, 11) is 3.22. The number of aliphatic hydroxyl groups excluding tert-OH is 1. The topological polar surface area (TPSA) is 170 Å². The third-order valence-corrected chi connectivity index (χ3v) is 9.99. The molecule has 2 saturated carbocycles. The van der Waals surface area contributed by atoms with E-state index in [2.05, 4.69) is 5.32 Å². The first-order valence-corrected chi connectivity index (χ1v) is 15.2. The summed E-state index contributed by atoms with van der Waals surface area (Å²) in [5, 5.41) is 37.0. The normalized spacial score (nSPS) is 28.9. The maximum absolute atomic E-state index is 14.0. The number of phenolic OH excluding ortho intramolecular Hbond substituents is 1. The lowest BCUT2D eigenvalue weighted by Crippen LogP contribution is -2.75. The third-order valence-electron chi connectivity index (χ3n) is 9.99. The van der Waals surface area contributed by atoms with E-state index in [-0.39, 0.29) is 30.0 Å². The summed E-state index contributed by atoms with van der Waals surface area (Å²) >= 11 is 0. The molecule has 0 aromatic heterocycles. The van der Waals surface area contributed by atoms with Crippen LogP contribution in [0.4, 0.5) is 4.39 Å². The van der Waals surface area contributed by atoms with Gasteiger partial charge in [0.2, 0.25) is 5.91 Å². The van der Waals surface area contributed by atoms with Crippen LogP contribution in [-0.4, -0.2) is 75.3 Å². The second kappa shape index (κ2) is 11.8. The number of aliphatic hydroxyl groups is 2. The maximum Gasteiger partial charge on any atom is 0.230 e. The molecule has 2 fully saturated rings. The van der Waals surface area contributed by atoms with Crippen LogP contribution >= 0.6 is 0 Å². The molecule has 10 nitrogen and oxygen atoms in total. The van der Waals surface area contributed by atoms with E-state index in [0.717, 1.165) is 16.7 Å². The zero-order chi connectivity index (χ0) is 33.1. The number of hydrogen-bond acceptors (Lipinski definition) is 9. The van der Waals surface area contributed by atoms with Gasteiger partial charge in [-0.15, -0.1) is 0 Å². The lowest BCUT2D eigenvalue weighted by molar-refractivity contribution is -0.190. The van der Waals surface area contributed by atoms with Gasteiger partial charge in [-0.25, -0.2) is 4.39 Å². The van der Waals surface area contributed by atoms with Crippen molar-refractivity contribution in [3.05, 3.63) is 88.7 Å². The molecule has 6 rings (SSSR count). The SMILES string of the molecule is CN(C)[C@H]1C(O)C(C(N)=O)C(=O)[C@]2(O)C(=O)C3C(=O)c4c(O)ccc(-c5ccc(CNCc6cccc(F)c6)cc5)c4C[C@@H]3C[C@H]12. The van der Waals surface area contributed by atoms with Crippen LogP contribution in [0, 0.1) is 29.5 Å². The number of rotatable bonds is 7. The van der Waals surface area contributed by atoms with Crippen LogP contribution in [0.1, 0.15) is 33.5 Å². The van der Waals surface area contributed by atoms with Crippen molar-refractivity contribution in [2.24, 2.45) is 29.4 Å². The van der Waals surface area contributed by atoms with Crippen molar-refractivity contribution in [3.8, 4) is 16.9 Å². The van der Waals surface area contributed by atoms with Crippen molar-refractivity contribution in [3.63, 3.8) is 0 Å². The van der Waals surface area contributed by atoms with Crippen molar-refractivity contribution in [2.45, 2.75) is 43.7 Å². The van der Waals surface area contributed by atoms with Gasteiger partial charge in [-0.3, -0.25) is 19.2 Å². The zero-order valence-corrected chi connectivity index (χ0v) is 25.4. The van der Waals surface area contributed by atoms with Gasteiger partial charge >= 0.3 is 0 Å². The number of halogens is 1. The Labute approximate surface area is 265 Å². The van der Waals surface area contributed by atoms with Crippen molar-refractivity contribution >= 4 is 23.3 Å². The molecule has 0 radical (unpaired) electrons. The molecule has 3 aromatic rings. The lowest BCUT2D eigenvalue weighted by atomic mass is 9.52. The number of likely N-dealkylation sites (N-methyl/N-ethyl adjacent to an activating group) is 1. The third kappa shape index (κ3) is 5.04. The molecule has 0 saturated heterocycles. The Hall–Kier alpha value is -4.29. The molecule has 0 bridgehead atoms. The smallest absolute Gasteiger partial charge is 0.230 e. The molecular formula is C35H36FN3O7. The van der Waals surface area contributed by atoms with E-state index in [1.807, 2.05) is 30.3 Å². The zero-order valence-electron chi connectivity index (χ0n) is 25.4. The Morgan fingerprint density at radius 3 is 2.37 bits per heavy atom. The Bertz CT molecular complexity index is 1740. The van der Waals surface area contributed by atoms with Gasteiger partial charge in [0.05, 0.1) is 17.6 Å². The number of amides is 1. The number of fused-ring (bicyclic) bond motifs is 3. The molecule has 11 heteroatoms. The molecule has 3 unspecified atom stereocenters. The molecule has 3 aromatic carbocycles. The first kappa shape index (κ1) is 31.7. The molecule has 3 aliphatic carbocycles. The van der Waals surface area contributed by atoms with Gasteiger partial charge in [-0.05, 0) is 78.9 Å².